The number of hydrogen-bond acceptors (Lipinski definition) is 3. The molecule has 1 aliphatic rings. The smallest absolute Gasteiger partial charge is 0.138 e. The van der Waals surface area contributed by atoms with Gasteiger partial charge in [-0.25, -0.2) is 9.37 Å². The van der Waals surface area contributed by atoms with E-state index in [1.807, 2.05) is 19.9 Å². The van der Waals surface area contributed by atoms with E-state index >= 15 is 0 Å². The molecule has 1 aromatic heterocycles. The van der Waals surface area contributed by atoms with Crippen LogP contribution in [-0.4, -0.2) is 22.6 Å². The quantitative estimate of drug-likeness (QED) is 0.905. The van der Waals surface area contributed by atoms with Crippen molar-refractivity contribution in [3.8, 4) is 17.1 Å². The Morgan fingerprint density at radius 1 is 1.30 bits per heavy atom. The van der Waals surface area contributed by atoms with Crippen molar-refractivity contribution in [1.29, 1.82) is 0 Å². The van der Waals surface area contributed by atoms with Crippen LogP contribution in [0.25, 0.3) is 11.4 Å². The number of fused-ring (bicyclic) bond motifs is 1. The van der Waals surface area contributed by atoms with Crippen LogP contribution in [0.15, 0.2) is 18.2 Å². The van der Waals surface area contributed by atoms with Crippen molar-refractivity contribution in [2.45, 2.75) is 32.9 Å². The number of aromatic amines is 1. The lowest BCUT2D eigenvalue weighted by Gasteiger charge is -2.10. The Hall–Kier alpha value is -1.88. The van der Waals surface area contributed by atoms with Crippen LogP contribution in [0.4, 0.5) is 4.39 Å². The minimum Gasteiger partial charge on any atom is -0.491 e. The number of hydrogen-bond donors (Lipinski definition) is 2. The van der Waals surface area contributed by atoms with E-state index in [2.05, 4.69) is 15.3 Å². The predicted molar refractivity (Wildman–Crippen MR) is 75.2 cm³/mol. The Balaban J connectivity index is 1.96. The Kier molecular flexibility index (Phi) is 3.44. The lowest BCUT2D eigenvalue weighted by molar-refractivity contribution is 0.241. The summed E-state index contributed by atoms with van der Waals surface area (Å²) in [5.41, 5.74) is 2.87. The van der Waals surface area contributed by atoms with Gasteiger partial charge in [0.05, 0.1) is 17.5 Å². The van der Waals surface area contributed by atoms with Gasteiger partial charge in [-0.3, -0.25) is 0 Å². The van der Waals surface area contributed by atoms with Crippen molar-refractivity contribution in [2.75, 3.05) is 6.54 Å². The van der Waals surface area contributed by atoms with Gasteiger partial charge in [-0.1, -0.05) is 0 Å². The highest BCUT2D eigenvalue weighted by Crippen LogP contribution is 2.26. The van der Waals surface area contributed by atoms with Gasteiger partial charge < -0.3 is 15.0 Å². The molecule has 106 valence electrons. The van der Waals surface area contributed by atoms with E-state index in [9.17, 15) is 4.39 Å². The van der Waals surface area contributed by atoms with Gasteiger partial charge in [-0.05, 0) is 26.0 Å². The first kappa shape index (κ1) is 13.1. The number of nitrogens with one attached hydrogen (secondary N) is 2. The topological polar surface area (TPSA) is 49.9 Å². The van der Waals surface area contributed by atoms with Gasteiger partial charge >= 0.3 is 0 Å². The van der Waals surface area contributed by atoms with Crippen molar-refractivity contribution < 1.29 is 9.13 Å². The van der Waals surface area contributed by atoms with E-state index in [0.717, 1.165) is 36.5 Å². The van der Waals surface area contributed by atoms with Crippen LogP contribution < -0.4 is 10.1 Å². The fraction of sp³-hybridized carbons (Fsp3) is 0.400. The molecule has 1 aromatic carbocycles. The number of benzene rings is 1. The molecule has 0 bridgehead atoms. The van der Waals surface area contributed by atoms with E-state index in [1.54, 1.807) is 0 Å². The second-order valence-corrected chi connectivity index (χ2v) is 5.28. The maximum absolute atomic E-state index is 13.7. The van der Waals surface area contributed by atoms with Gasteiger partial charge in [0.1, 0.15) is 17.4 Å². The van der Waals surface area contributed by atoms with E-state index < -0.39 is 0 Å². The molecule has 0 atom stereocenters. The van der Waals surface area contributed by atoms with Crippen LogP contribution in [0.3, 0.4) is 0 Å². The summed E-state index contributed by atoms with van der Waals surface area (Å²) in [5.74, 6) is 0.917. The molecular weight excluding hydrogens is 257 g/mol. The molecule has 2 N–H and O–H groups in total. The number of H-pyrrole nitrogens is 1. The van der Waals surface area contributed by atoms with Crippen LogP contribution in [0.1, 0.15) is 25.2 Å². The van der Waals surface area contributed by atoms with Crippen LogP contribution in [0.5, 0.6) is 5.75 Å². The third-order valence-corrected chi connectivity index (χ3v) is 3.22. The third kappa shape index (κ3) is 2.67. The molecule has 0 radical (unpaired) electrons. The molecule has 0 aliphatic carbocycles. The zero-order valence-corrected chi connectivity index (χ0v) is 11.7. The number of nitrogens with zero attached hydrogens (tertiary/aromatic N) is 1. The van der Waals surface area contributed by atoms with Crippen LogP contribution in [0, 0.1) is 5.82 Å². The highest BCUT2D eigenvalue weighted by molar-refractivity contribution is 5.59. The van der Waals surface area contributed by atoms with Gasteiger partial charge in [0, 0.05) is 31.1 Å². The molecule has 5 heteroatoms. The monoisotopic (exact) mass is 275 g/mol. The Bertz CT molecular complexity index is 598. The standard InChI is InChI=1S/C15H18FN3O/c1-9(2)20-12-6-10(5-11(16)7-12)15-18-13-3-4-17-8-14(13)19-15/h5-7,9,17H,3-4,8H2,1-2H3,(H,18,19). The highest BCUT2D eigenvalue weighted by atomic mass is 19.1. The highest BCUT2D eigenvalue weighted by Gasteiger charge is 2.16. The zero-order valence-electron chi connectivity index (χ0n) is 11.7. The fourth-order valence-corrected chi connectivity index (χ4v) is 2.40. The van der Waals surface area contributed by atoms with Gasteiger partial charge in [-0.2, -0.15) is 0 Å². The van der Waals surface area contributed by atoms with Crippen LogP contribution >= 0.6 is 0 Å². The van der Waals surface area contributed by atoms with E-state index in [1.165, 1.54) is 12.1 Å². The average Bonchev–Trinajstić information content (AvgIpc) is 2.80. The molecule has 3 rings (SSSR count). The van der Waals surface area contributed by atoms with Crippen molar-refractivity contribution in [2.24, 2.45) is 0 Å². The molecule has 0 fully saturated rings. The van der Waals surface area contributed by atoms with Crippen LogP contribution in [0.2, 0.25) is 0 Å². The first-order chi connectivity index (χ1) is 9.61. The molecule has 2 heterocycles. The number of rotatable bonds is 3. The molecule has 4 nitrogen and oxygen atoms in total. The SMILES string of the molecule is CC(C)Oc1cc(F)cc(-c2nc3c([nH]2)CNCC3)c1. The number of imidazole rings is 1. The lowest BCUT2D eigenvalue weighted by Crippen LogP contribution is -2.23. The molecule has 0 unspecified atom stereocenters. The second kappa shape index (κ2) is 5.25. The van der Waals surface area contributed by atoms with Crippen molar-refractivity contribution in [3.05, 3.63) is 35.4 Å². The lowest BCUT2D eigenvalue weighted by atomic mass is 10.2. The van der Waals surface area contributed by atoms with E-state index in [0.29, 0.717) is 11.6 Å². The minimum absolute atomic E-state index is 0.0126. The van der Waals surface area contributed by atoms with E-state index in [4.69, 9.17) is 4.74 Å². The predicted octanol–water partition coefficient (Wildman–Crippen LogP) is 2.65. The summed E-state index contributed by atoms with van der Waals surface area (Å²) in [7, 11) is 0. The molecule has 0 saturated carbocycles. The van der Waals surface area contributed by atoms with Gasteiger partial charge in [-0.15, -0.1) is 0 Å². The molecule has 0 amide bonds. The Labute approximate surface area is 117 Å². The first-order valence-electron chi connectivity index (χ1n) is 6.88. The first-order valence-corrected chi connectivity index (χ1v) is 6.88. The van der Waals surface area contributed by atoms with Crippen molar-refractivity contribution in [3.63, 3.8) is 0 Å². The molecule has 1 aliphatic heterocycles. The van der Waals surface area contributed by atoms with Crippen LogP contribution in [-0.2, 0) is 13.0 Å². The maximum atomic E-state index is 13.7. The minimum atomic E-state index is -0.314. The summed E-state index contributed by atoms with van der Waals surface area (Å²) in [4.78, 5) is 7.83. The molecule has 2 aromatic rings. The van der Waals surface area contributed by atoms with Gasteiger partial charge in [0.25, 0.3) is 0 Å². The number of ether oxygens (including phenoxy) is 1. The Morgan fingerprint density at radius 3 is 2.90 bits per heavy atom. The van der Waals surface area contributed by atoms with Gasteiger partial charge in [0.15, 0.2) is 0 Å². The largest absolute Gasteiger partial charge is 0.491 e. The summed E-state index contributed by atoms with van der Waals surface area (Å²) in [6.07, 6.45) is 0.912. The molecule has 20 heavy (non-hydrogen) atoms. The normalized spacial score (nSPS) is 14.4. The summed E-state index contributed by atoms with van der Waals surface area (Å²) in [6, 6.07) is 4.69. The fourth-order valence-electron chi connectivity index (χ4n) is 2.40. The number of aromatic nitrogens is 2. The molecule has 0 spiro atoms. The third-order valence-electron chi connectivity index (χ3n) is 3.22. The Morgan fingerprint density at radius 2 is 2.15 bits per heavy atom. The number of halogens is 1. The molecule has 0 saturated heterocycles. The second-order valence-electron chi connectivity index (χ2n) is 5.28. The van der Waals surface area contributed by atoms with Crippen molar-refractivity contribution >= 4 is 0 Å². The maximum Gasteiger partial charge on any atom is 0.138 e. The summed E-state index contributed by atoms with van der Waals surface area (Å²) in [6.45, 7) is 5.55. The zero-order chi connectivity index (χ0) is 14.1. The van der Waals surface area contributed by atoms with E-state index in [-0.39, 0.29) is 11.9 Å². The summed E-state index contributed by atoms with van der Waals surface area (Å²) in [5, 5.41) is 3.28. The van der Waals surface area contributed by atoms with Crippen molar-refractivity contribution in [1.82, 2.24) is 15.3 Å². The van der Waals surface area contributed by atoms with Gasteiger partial charge in [0.2, 0.25) is 0 Å². The molecular formula is C15H18FN3O. The average molecular weight is 275 g/mol. The summed E-state index contributed by atoms with van der Waals surface area (Å²) >= 11 is 0. The summed E-state index contributed by atoms with van der Waals surface area (Å²) < 4.78 is 19.3.